The van der Waals surface area contributed by atoms with Crippen LogP contribution in [0.1, 0.15) is 37.6 Å². The molecule has 0 aromatic carbocycles. The van der Waals surface area contributed by atoms with Crippen LogP contribution < -0.4 is 4.90 Å². The van der Waals surface area contributed by atoms with E-state index in [2.05, 4.69) is 35.6 Å². The lowest BCUT2D eigenvalue weighted by Crippen LogP contribution is -2.23. The van der Waals surface area contributed by atoms with Gasteiger partial charge >= 0.3 is 0 Å². The molecule has 3 nitrogen and oxygen atoms in total. The maximum atomic E-state index is 4.58. The third-order valence-electron chi connectivity index (χ3n) is 4.13. The van der Waals surface area contributed by atoms with Crippen LogP contribution in [-0.2, 0) is 12.8 Å². The summed E-state index contributed by atoms with van der Waals surface area (Å²) < 4.78 is 0. The first-order valence-corrected chi connectivity index (χ1v) is 8.06. The van der Waals surface area contributed by atoms with Gasteiger partial charge in [0.25, 0.3) is 0 Å². The normalized spacial score (nSPS) is 18.6. The molecule has 2 aromatic heterocycles. The fourth-order valence-electron chi connectivity index (χ4n) is 3.03. The Morgan fingerprint density at radius 1 is 1.32 bits per heavy atom. The zero-order valence-corrected chi connectivity index (χ0v) is 12.8. The highest BCUT2D eigenvalue weighted by Crippen LogP contribution is 2.40. The largest absolute Gasteiger partial charge is 0.357 e. The summed E-state index contributed by atoms with van der Waals surface area (Å²) in [6.07, 6.45) is 5.45. The van der Waals surface area contributed by atoms with Crippen molar-refractivity contribution < 1.29 is 0 Å². The van der Waals surface area contributed by atoms with E-state index in [1.165, 1.54) is 35.0 Å². The molecule has 19 heavy (non-hydrogen) atoms. The lowest BCUT2D eigenvalue weighted by molar-refractivity contribution is 0.508. The van der Waals surface area contributed by atoms with E-state index in [0.717, 1.165) is 24.8 Å². The van der Waals surface area contributed by atoms with Gasteiger partial charge in [-0.2, -0.15) is 0 Å². The molecular formula is C15H21N3S. The average molecular weight is 275 g/mol. The van der Waals surface area contributed by atoms with E-state index in [9.17, 15) is 0 Å². The van der Waals surface area contributed by atoms with Gasteiger partial charge in [-0.25, -0.2) is 9.97 Å². The molecular weight excluding hydrogens is 254 g/mol. The third kappa shape index (κ3) is 2.12. The van der Waals surface area contributed by atoms with E-state index >= 15 is 0 Å². The molecule has 0 radical (unpaired) electrons. The van der Waals surface area contributed by atoms with Crippen LogP contribution in [0.25, 0.3) is 10.2 Å². The van der Waals surface area contributed by atoms with Gasteiger partial charge in [-0.1, -0.05) is 6.92 Å². The molecule has 1 aliphatic rings. The summed E-state index contributed by atoms with van der Waals surface area (Å²) >= 11 is 1.88. The molecule has 0 N–H and O–H groups in total. The summed E-state index contributed by atoms with van der Waals surface area (Å²) in [7, 11) is 0. The van der Waals surface area contributed by atoms with Crippen LogP contribution >= 0.6 is 11.3 Å². The molecule has 0 saturated heterocycles. The van der Waals surface area contributed by atoms with Crippen LogP contribution in [0.5, 0.6) is 0 Å². The van der Waals surface area contributed by atoms with Gasteiger partial charge in [-0.05, 0) is 44.6 Å². The summed E-state index contributed by atoms with van der Waals surface area (Å²) in [5.41, 5.74) is 1.53. The Morgan fingerprint density at radius 3 is 2.84 bits per heavy atom. The lowest BCUT2D eigenvalue weighted by Gasteiger charge is -2.23. The van der Waals surface area contributed by atoms with Gasteiger partial charge in [-0.3, -0.25) is 0 Å². The fraction of sp³-hybridized carbons (Fsp3) is 0.600. The predicted octanol–water partition coefficient (Wildman–Crippen LogP) is 3.66. The summed E-state index contributed by atoms with van der Waals surface area (Å²) in [6, 6.07) is 0. The number of nitrogens with zero attached hydrogens (tertiary/aromatic N) is 3. The Hall–Kier alpha value is -1.16. The number of hydrogen-bond acceptors (Lipinski definition) is 4. The Kier molecular flexibility index (Phi) is 3.44. The van der Waals surface area contributed by atoms with Crippen molar-refractivity contribution in [1.29, 1.82) is 0 Å². The number of anilines is 1. The molecule has 0 spiro atoms. The SMILES string of the molecule is CCN(CC)c1ncnc2sc3c(c12)C[C@@H](C)CC3. The molecule has 0 aliphatic heterocycles. The van der Waals surface area contributed by atoms with Gasteiger partial charge in [-0.15, -0.1) is 11.3 Å². The van der Waals surface area contributed by atoms with Crippen LogP contribution in [-0.4, -0.2) is 23.1 Å². The summed E-state index contributed by atoms with van der Waals surface area (Å²) in [5.74, 6) is 1.93. The van der Waals surface area contributed by atoms with Crippen LogP contribution in [0.15, 0.2) is 6.33 Å². The molecule has 4 heteroatoms. The van der Waals surface area contributed by atoms with Crippen molar-refractivity contribution in [2.24, 2.45) is 5.92 Å². The van der Waals surface area contributed by atoms with Gasteiger partial charge in [0.05, 0.1) is 5.39 Å². The van der Waals surface area contributed by atoms with Gasteiger partial charge in [0.2, 0.25) is 0 Å². The number of fused-ring (bicyclic) bond motifs is 3. The molecule has 1 aliphatic carbocycles. The minimum Gasteiger partial charge on any atom is -0.357 e. The highest BCUT2D eigenvalue weighted by Gasteiger charge is 2.24. The van der Waals surface area contributed by atoms with Crippen molar-refractivity contribution in [2.75, 3.05) is 18.0 Å². The highest BCUT2D eigenvalue weighted by atomic mass is 32.1. The predicted molar refractivity (Wildman–Crippen MR) is 82.2 cm³/mol. The standard InChI is InChI=1S/C15H21N3S/c1-4-18(5-2)14-13-11-8-10(3)6-7-12(11)19-15(13)17-9-16-14/h9-10H,4-8H2,1-3H3/t10-/m0/s1. The van der Waals surface area contributed by atoms with Crippen molar-refractivity contribution in [3.8, 4) is 0 Å². The minimum absolute atomic E-state index is 0.787. The average Bonchev–Trinajstić information content (AvgIpc) is 2.78. The lowest BCUT2D eigenvalue weighted by atomic mass is 9.88. The summed E-state index contributed by atoms with van der Waals surface area (Å²) in [5, 5.41) is 1.33. The first-order chi connectivity index (χ1) is 9.24. The zero-order valence-electron chi connectivity index (χ0n) is 11.9. The molecule has 0 unspecified atom stereocenters. The quantitative estimate of drug-likeness (QED) is 0.856. The van der Waals surface area contributed by atoms with Crippen LogP contribution in [0.3, 0.4) is 0 Å². The molecule has 102 valence electrons. The van der Waals surface area contributed by atoms with E-state index in [-0.39, 0.29) is 0 Å². The van der Waals surface area contributed by atoms with Crippen molar-refractivity contribution in [2.45, 2.75) is 40.0 Å². The van der Waals surface area contributed by atoms with Crippen LogP contribution in [0.2, 0.25) is 0 Å². The minimum atomic E-state index is 0.787. The maximum absolute atomic E-state index is 4.58. The van der Waals surface area contributed by atoms with Crippen LogP contribution in [0, 0.1) is 5.92 Å². The molecule has 0 amide bonds. The molecule has 1 atom stereocenters. The highest BCUT2D eigenvalue weighted by molar-refractivity contribution is 7.19. The number of hydrogen-bond donors (Lipinski definition) is 0. The summed E-state index contributed by atoms with van der Waals surface area (Å²) in [6.45, 7) is 8.75. The maximum Gasteiger partial charge on any atom is 0.141 e. The van der Waals surface area contributed by atoms with Gasteiger partial charge in [0.15, 0.2) is 0 Å². The van der Waals surface area contributed by atoms with E-state index in [1.807, 2.05) is 11.3 Å². The van der Waals surface area contributed by atoms with Crippen LogP contribution in [0.4, 0.5) is 5.82 Å². The molecule has 2 heterocycles. The zero-order chi connectivity index (χ0) is 13.4. The molecule has 0 bridgehead atoms. The van der Waals surface area contributed by atoms with Crippen molar-refractivity contribution in [1.82, 2.24) is 9.97 Å². The number of thiophene rings is 1. The third-order valence-corrected chi connectivity index (χ3v) is 5.33. The van der Waals surface area contributed by atoms with Crippen molar-refractivity contribution in [3.05, 3.63) is 16.8 Å². The number of aromatic nitrogens is 2. The molecule has 0 fully saturated rings. The Bertz CT molecular complexity index is 586. The van der Waals surface area contributed by atoms with Gasteiger partial charge in [0, 0.05) is 18.0 Å². The monoisotopic (exact) mass is 275 g/mol. The fourth-order valence-corrected chi connectivity index (χ4v) is 4.21. The number of rotatable bonds is 3. The summed E-state index contributed by atoms with van der Waals surface area (Å²) in [4.78, 5) is 14.1. The van der Waals surface area contributed by atoms with Crippen molar-refractivity contribution in [3.63, 3.8) is 0 Å². The van der Waals surface area contributed by atoms with Crippen molar-refractivity contribution >= 4 is 27.4 Å². The molecule has 0 saturated carbocycles. The Balaban J connectivity index is 2.20. The Morgan fingerprint density at radius 2 is 2.11 bits per heavy atom. The second-order valence-electron chi connectivity index (χ2n) is 5.40. The first-order valence-electron chi connectivity index (χ1n) is 7.24. The molecule has 2 aromatic rings. The smallest absolute Gasteiger partial charge is 0.141 e. The Labute approximate surface area is 118 Å². The van der Waals surface area contributed by atoms with Gasteiger partial charge in [0.1, 0.15) is 17.0 Å². The van der Waals surface area contributed by atoms with E-state index in [0.29, 0.717) is 0 Å². The molecule has 3 rings (SSSR count). The van der Waals surface area contributed by atoms with Gasteiger partial charge < -0.3 is 4.90 Å². The first kappa shape index (κ1) is 12.9. The second-order valence-corrected chi connectivity index (χ2v) is 6.49. The topological polar surface area (TPSA) is 29.0 Å². The second kappa shape index (κ2) is 5.08. The van der Waals surface area contributed by atoms with E-state index in [4.69, 9.17) is 0 Å². The van der Waals surface area contributed by atoms with E-state index in [1.54, 1.807) is 11.2 Å². The number of aryl methyl sites for hydroxylation is 1. The van der Waals surface area contributed by atoms with E-state index < -0.39 is 0 Å².